The van der Waals surface area contributed by atoms with Gasteiger partial charge in [-0.05, 0) is 53.9 Å². The van der Waals surface area contributed by atoms with Crippen LogP contribution in [0.4, 0.5) is 5.69 Å². The molecule has 176 valence electrons. The molecule has 35 heavy (non-hydrogen) atoms. The molecule has 0 aliphatic carbocycles. The number of amides is 1. The molecule has 0 aliphatic heterocycles. The van der Waals surface area contributed by atoms with Crippen LogP contribution in [0.3, 0.4) is 0 Å². The minimum atomic E-state index is -1.10. The Hall–Kier alpha value is -4.65. The molecule has 0 fully saturated rings. The van der Waals surface area contributed by atoms with E-state index in [2.05, 4.69) is 10.3 Å². The largest absolute Gasteiger partial charge is 0.489 e. The summed E-state index contributed by atoms with van der Waals surface area (Å²) in [4.78, 5) is 28.0. The summed E-state index contributed by atoms with van der Waals surface area (Å²) in [5.74, 6) is 0.357. The van der Waals surface area contributed by atoms with Crippen LogP contribution in [0.2, 0.25) is 0 Å². The van der Waals surface area contributed by atoms with E-state index in [1.54, 1.807) is 36.5 Å². The molecule has 7 nitrogen and oxygen atoms in total. The van der Waals surface area contributed by atoms with Gasteiger partial charge >= 0.3 is 5.97 Å². The van der Waals surface area contributed by atoms with Gasteiger partial charge in [0.1, 0.15) is 18.1 Å². The Bertz CT molecular complexity index is 1320. The zero-order valence-corrected chi connectivity index (χ0v) is 19.1. The lowest BCUT2D eigenvalue weighted by Crippen LogP contribution is -2.16. The fourth-order valence-corrected chi connectivity index (χ4v) is 3.41. The van der Waals surface area contributed by atoms with Crippen LogP contribution < -0.4 is 14.8 Å². The summed E-state index contributed by atoms with van der Waals surface area (Å²) < 4.78 is 11.7. The van der Waals surface area contributed by atoms with E-state index in [9.17, 15) is 14.7 Å². The number of rotatable bonds is 9. The fourth-order valence-electron chi connectivity index (χ4n) is 3.41. The molecule has 0 bridgehead atoms. The average molecular weight is 469 g/mol. The number of ether oxygens (including phenoxy) is 2. The van der Waals surface area contributed by atoms with Crippen LogP contribution in [0.25, 0.3) is 0 Å². The molecule has 7 heteroatoms. The van der Waals surface area contributed by atoms with Crippen molar-refractivity contribution in [3.8, 4) is 17.4 Å². The van der Waals surface area contributed by atoms with Crippen LogP contribution in [0.1, 0.15) is 27.0 Å². The lowest BCUT2D eigenvalue weighted by molar-refractivity contribution is -0.115. The summed E-state index contributed by atoms with van der Waals surface area (Å²) in [7, 11) is 0. The van der Waals surface area contributed by atoms with Crippen LogP contribution in [0.15, 0.2) is 91.1 Å². The van der Waals surface area contributed by atoms with Crippen molar-refractivity contribution in [2.45, 2.75) is 20.0 Å². The lowest BCUT2D eigenvalue weighted by Gasteiger charge is -2.11. The maximum Gasteiger partial charge on any atom is 0.337 e. The molecular weight excluding hydrogens is 444 g/mol. The number of aromatic nitrogens is 1. The van der Waals surface area contributed by atoms with Gasteiger partial charge in [-0.2, -0.15) is 0 Å². The van der Waals surface area contributed by atoms with Crippen molar-refractivity contribution >= 4 is 17.6 Å². The summed E-state index contributed by atoms with van der Waals surface area (Å²) >= 11 is 0. The first-order valence-corrected chi connectivity index (χ1v) is 11.0. The lowest BCUT2D eigenvalue weighted by atomic mass is 10.1. The van der Waals surface area contributed by atoms with E-state index < -0.39 is 5.97 Å². The van der Waals surface area contributed by atoms with Gasteiger partial charge in [0.2, 0.25) is 11.8 Å². The Kier molecular flexibility index (Phi) is 7.37. The highest BCUT2D eigenvalue weighted by atomic mass is 16.5. The molecule has 0 unspecified atom stereocenters. The van der Waals surface area contributed by atoms with Gasteiger partial charge in [-0.1, -0.05) is 48.5 Å². The summed E-state index contributed by atoms with van der Waals surface area (Å²) in [6.45, 7) is 2.41. The van der Waals surface area contributed by atoms with Crippen LogP contribution in [0, 0.1) is 6.92 Å². The average Bonchev–Trinajstić information content (AvgIpc) is 2.86. The summed E-state index contributed by atoms with van der Waals surface area (Å²) in [6.07, 6.45) is 1.61. The van der Waals surface area contributed by atoms with E-state index in [1.807, 2.05) is 55.5 Å². The molecule has 0 saturated heterocycles. The van der Waals surface area contributed by atoms with Crippen molar-refractivity contribution in [2.24, 2.45) is 0 Å². The molecule has 0 saturated carbocycles. The summed E-state index contributed by atoms with van der Waals surface area (Å²) in [6, 6.07) is 25.2. The van der Waals surface area contributed by atoms with Crippen molar-refractivity contribution in [3.63, 3.8) is 0 Å². The molecule has 1 aromatic heterocycles. The number of carboxylic acids is 1. The quantitative estimate of drug-likeness (QED) is 0.330. The second-order valence-electron chi connectivity index (χ2n) is 7.88. The molecule has 0 aliphatic rings. The second kappa shape index (κ2) is 11.0. The van der Waals surface area contributed by atoms with Gasteiger partial charge in [-0.25, -0.2) is 9.78 Å². The van der Waals surface area contributed by atoms with Gasteiger partial charge in [-0.3, -0.25) is 4.79 Å². The van der Waals surface area contributed by atoms with Gasteiger partial charge in [-0.15, -0.1) is 0 Å². The number of carboxylic acid groups (broad SMARTS) is 1. The van der Waals surface area contributed by atoms with E-state index in [0.717, 1.165) is 16.9 Å². The first kappa shape index (κ1) is 23.5. The molecule has 0 spiro atoms. The number of aryl methyl sites for hydroxylation is 1. The van der Waals surface area contributed by atoms with E-state index in [4.69, 9.17) is 9.47 Å². The number of para-hydroxylation sites is 1. The number of nitrogens with one attached hydrogen (secondary N) is 1. The highest BCUT2D eigenvalue weighted by Gasteiger charge is 2.12. The van der Waals surface area contributed by atoms with Crippen LogP contribution in [-0.4, -0.2) is 22.0 Å². The minimum absolute atomic E-state index is 0.0366. The molecule has 4 aromatic rings. The van der Waals surface area contributed by atoms with Crippen LogP contribution in [-0.2, 0) is 17.8 Å². The maximum atomic E-state index is 12.4. The molecule has 1 amide bonds. The zero-order valence-electron chi connectivity index (χ0n) is 19.1. The zero-order chi connectivity index (χ0) is 24.6. The smallest absolute Gasteiger partial charge is 0.337 e. The first-order chi connectivity index (χ1) is 17.0. The minimum Gasteiger partial charge on any atom is -0.489 e. The Balaban J connectivity index is 1.33. The monoisotopic (exact) mass is 468 g/mol. The van der Waals surface area contributed by atoms with Crippen molar-refractivity contribution in [1.82, 2.24) is 4.98 Å². The Morgan fingerprint density at radius 3 is 2.40 bits per heavy atom. The van der Waals surface area contributed by atoms with E-state index in [1.165, 1.54) is 6.07 Å². The van der Waals surface area contributed by atoms with E-state index in [0.29, 0.717) is 23.8 Å². The van der Waals surface area contributed by atoms with Gasteiger partial charge in [0, 0.05) is 12.3 Å². The number of benzene rings is 3. The Labute approximate surface area is 203 Å². The van der Waals surface area contributed by atoms with E-state index in [-0.39, 0.29) is 23.6 Å². The van der Waals surface area contributed by atoms with Gasteiger partial charge < -0.3 is 19.9 Å². The number of nitrogens with zero attached hydrogens (tertiary/aromatic N) is 1. The number of carbonyl (C=O) groups is 2. The van der Waals surface area contributed by atoms with Crippen molar-refractivity contribution in [1.29, 1.82) is 0 Å². The normalized spacial score (nSPS) is 10.4. The number of hydrogen-bond donors (Lipinski definition) is 2. The molecule has 3 aromatic carbocycles. The van der Waals surface area contributed by atoms with Gasteiger partial charge in [0.05, 0.1) is 17.7 Å². The molecule has 1 heterocycles. The first-order valence-electron chi connectivity index (χ1n) is 11.0. The summed E-state index contributed by atoms with van der Waals surface area (Å²) in [5.41, 5.74) is 2.95. The molecule has 4 rings (SSSR count). The van der Waals surface area contributed by atoms with Crippen LogP contribution >= 0.6 is 0 Å². The highest BCUT2D eigenvalue weighted by molar-refractivity contribution is 6.00. The molecule has 0 radical (unpaired) electrons. The van der Waals surface area contributed by atoms with E-state index >= 15 is 0 Å². The topological polar surface area (TPSA) is 97.8 Å². The number of pyridine rings is 1. The van der Waals surface area contributed by atoms with Crippen molar-refractivity contribution < 1.29 is 24.2 Å². The number of carbonyl (C=O) groups excluding carboxylic acids is 1. The number of aromatic carboxylic acids is 1. The third-order valence-electron chi connectivity index (χ3n) is 5.20. The third kappa shape index (κ3) is 6.45. The Morgan fingerprint density at radius 2 is 1.69 bits per heavy atom. The van der Waals surface area contributed by atoms with Crippen LogP contribution in [0.5, 0.6) is 17.4 Å². The van der Waals surface area contributed by atoms with Gasteiger partial charge in [0.15, 0.2) is 0 Å². The highest BCUT2D eigenvalue weighted by Crippen LogP contribution is 2.28. The van der Waals surface area contributed by atoms with Crippen molar-refractivity contribution in [3.05, 3.63) is 113 Å². The number of anilines is 1. The predicted molar refractivity (Wildman–Crippen MR) is 132 cm³/mol. The third-order valence-corrected chi connectivity index (χ3v) is 5.20. The number of hydrogen-bond acceptors (Lipinski definition) is 5. The van der Waals surface area contributed by atoms with Gasteiger partial charge in [0.25, 0.3) is 0 Å². The predicted octanol–water partition coefficient (Wildman–Crippen LogP) is 5.64. The summed E-state index contributed by atoms with van der Waals surface area (Å²) in [5, 5.41) is 11.9. The molecule has 0 atom stereocenters. The standard InChI is InChI=1S/C28H24N2O5/c1-19-15-22(34-18-20-7-3-2-4-8-20)12-13-25(19)35-27-14-11-21(17-29-27)16-26(31)30-24-10-6-5-9-23(24)28(32)33/h2-15,17H,16,18H2,1H3,(H,30,31)(H,32,33). The molecule has 2 N–H and O–H groups in total. The SMILES string of the molecule is Cc1cc(OCc2ccccc2)ccc1Oc1ccc(CC(=O)Nc2ccccc2C(=O)O)cn1. The fraction of sp³-hybridized carbons (Fsp3) is 0.107. The van der Waals surface area contributed by atoms with Crippen molar-refractivity contribution in [2.75, 3.05) is 5.32 Å². The Morgan fingerprint density at radius 1 is 0.914 bits per heavy atom. The maximum absolute atomic E-state index is 12.4. The second-order valence-corrected chi connectivity index (χ2v) is 7.88. The molecular formula is C28H24N2O5.